The number of nitrogens with one attached hydrogen (secondary N) is 4. The number of hydrogen-bond acceptors (Lipinski definition) is 6. The summed E-state index contributed by atoms with van der Waals surface area (Å²) < 4.78 is 6.22. The maximum atomic E-state index is 12.5. The highest BCUT2D eigenvalue weighted by atomic mass is 35.5. The summed E-state index contributed by atoms with van der Waals surface area (Å²) >= 11 is 12.6. The normalized spacial score (nSPS) is 10.4. The quantitative estimate of drug-likeness (QED) is 0.286. The van der Waals surface area contributed by atoms with Gasteiger partial charge >= 0.3 is 0 Å². The molecule has 3 aromatic rings. The number of amides is 3. The highest BCUT2D eigenvalue weighted by Crippen LogP contribution is 2.34. The van der Waals surface area contributed by atoms with E-state index in [0.29, 0.717) is 27.9 Å². The zero-order valence-corrected chi connectivity index (χ0v) is 20.0. The zero-order valence-electron chi connectivity index (χ0n) is 17.6. The van der Waals surface area contributed by atoms with Crippen molar-refractivity contribution in [1.29, 1.82) is 0 Å². The van der Waals surface area contributed by atoms with E-state index in [2.05, 4.69) is 21.5 Å². The Morgan fingerprint density at radius 1 is 1.00 bits per heavy atom. The monoisotopic (exact) mass is 504 g/mol. The molecule has 0 aliphatic heterocycles. The van der Waals surface area contributed by atoms with Crippen LogP contribution in [0.4, 0.5) is 5.69 Å². The first-order chi connectivity index (χ1) is 15.9. The molecule has 33 heavy (non-hydrogen) atoms. The Hall–Kier alpha value is -3.21. The highest BCUT2D eigenvalue weighted by molar-refractivity contribution is 7.80. The molecule has 0 spiro atoms. The van der Waals surface area contributed by atoms with Crippen molar-refractivity contribution in [2.45, 2.75) is 19.8 Å². The number of anilines is 1. The fraction of sp³-hybridized carbons (Fsp3) is 0.182. The van der Waals surface area contributed by atoms with Gasteiger partial charge in [0.1, 0.15) is 10.6 Å². The number of ether oxygens (including phenoxy) is 1. The van der Waals surface area contributed by atoms with Crippen molar-refractivity contribution in [2.24, 2.45) is 0 Å². The molecule has 0 fully saturated rings. The van der Waals surface area contributed by atoms with Crippen LogP contribution in [0.5, 0.6) is 5.75 Å². The zero-order chi connectivity index (χ0) is 23.8. The minimum atomic E-state index is -0.484. The van der Waals surface area contributed by atoms with Gasteiger partial charge in [-0.3, -0.25) is 30.6 Å². The number of thiocarbonyl (C=S) groups is 1. The summed E-state index contributed by atoms with van der Waals surface area (Å²) in [4.78, 5) is 36.8. The van der Waals surface area contributed by atoms with Crippen LogP contribution < -0.4 is 26.2 Å². The predicted octanol–water partition coefficient (Wildman–Crippen LogP) is 4.01. The maximum Gasteiger partial charge on any atom is 0.269 e. The molecule has 0 radical (unpaired) electrons. The van der Waals surface area contributed by atoms with Gasteiger partial charge in [0.25, 0.3) is 5.91 Å². The Labute approximate surface area is 204 Å². The highest BCUT2D eigenvalue weighted by Gasteiger charge is 2.18. The van der Waals surface area contributed by atoms with Gasteiger partial charge in [-0.1, -0.05) is 29.8 Å². The molecule has 0 unspecified atom stereocenters. The van der Waals surface area contributed by atoms with Crippen LogP contribution >= 0.6 is 35.2 Å². The number of carbonyl (C=O) groups excluding carboxylic acids is 3. The van der Waals surface area contributed by atoms with Gasteiger partial charge in [0.05, 0.1) is 11.6 Å². The third kappa shape index (κ3) is 6.88. The lowest BCUT2D eigenvalue weighted by atomic mass is 10.2. The van der Waals surface area contributed by atoms with Gasteiger partial charge in [-0.2, -0.15) is 0 Å². The van der Waals surface area contributed by atoms with E-state index < -0.39 is 11.8 Å². The molecule has 0 bridgehead atoms. The van der Waals surface area contributed by atoms with E-state index in [1.165, 1.54) is 11.3 Å². The number of thiophene rings is 1. The molecule has 0 aliphatic rings. The number of fused-ring (bicyclic) bond motifs is 1. The van der Waals surface area contributed by atoms with Crippen LogP contribution in [0.15, 0.2) is 48.5 Å². The molecular weight excluding hydrogens is 484 g/mol. The van der Waals surface area contributed by atoms with Crippen LogP contribution in [-0.2, 0) is 9.59 Å². The average Bonchev–Trinajstić information content (AvgIpc) is 3.14. The SMILES string of the molecule is CCOc1ccc(NC(=O)CCC(=O)NNC(=S)NC(=O)c2sc3ccccc3c2Cl)cc1. The summed E-state index contributed by atoms with van der Waals surface area (Å²) in [6.45, 7) is 2.44. The lowest BCUT2D eigenvalue weighted by Gasteiger charge is -2.10. The minimum absolute atomic E-state index is 0.0305. The van der Waals surface area contributed by atoms with Gasteiger partial charge in [-0.25, -0.2) is 0 Å². The molecule has 1 aromatic heterocycles. The Morgan fingerprint density at radius 3 is 2.39 bits per heavy atom. The van der Waals surface area contributed by atoms with Crippen molar-refractivity contribution in [1.82, 2.24) is 16.2 Å². The fourth-order valence-electron chi connectivity index (χ4n) is 2.79. The van der Waals surface area contributed by atoms with Crippen molar-refractivity contribution >= 4 is 73.8 Å². The van der Waals surface area contributed by atoms with Crippen LogP contribution in [0, 0.1) is 0 Å². The number of rotatable bonds is 7. The number of halogens is 1. The summed E-state index contributed by atoms with van der Waals surface area (Å²) in [5, 5.41) is 6.20. The van der Waals surface area contributed by atoms with Crippen LogP contribution in [0.1, 0.15) is 29.4 Å². The molecule has 0 saturated heterocycles. The Morgan fingerprint density at radius 2 is 1.70 bits per heavy atom. The van der Waals surface area contributed by atoms with Crippen molar-refractivity contribution in [3.05, 3.63) is 58.4 Å². The summed E-state index contributed by atoms with van der Waals surface area (Å²) in [7, 11) is 0. The van der Waals surface area contributed by atoms with Crippen molar-refractivity contribution < 1.29 is 19.1 Å². The number of benzene rings is 2. The van der Waals surface area contributed by atoms with E-state index >= 15 is 0 Å². The maximum absolute atomic E-state index is 12.5. The van der Waals surface area contributed by atoms with Crippen LogP contribution in [0.3, 0.4) is 0 Å². The molecule has 0 saturated carbocycles. The summed E-state index contributed by atoms with van der Waals surface area (Å²) in [5.41, 5.74) is 5.40. The molecule has 3 amide bonds. The fourth-order valence-corrected chi connectivity index (χ4v) is 4.35. The number of carbonyl (C=O) groups is 3. The average molecular weight is 505 g/mol. The lowest BCUT2D eigenvalue weighted by Crippen LogP contribution is -2.48. The van der Waals surface area contributed by atoms with E-state index in [9.17, 15) is 14.4 Å². The van der Waals surface area contributed by atoms with E-state index in [1.54, 1.807) is 24.3 Å². The molecule has 3 rings (SSSR count). The smallest absolute Gasteiger partial charge is 0.269 e. The van der Waals surface area contributed by atoms with E-state index in [0.717, 1.165) is 10.1 Å². The lowest BCUT2D eigenvalue weighted by molar-refractivity contribution is -0.124. The second kappa shape index (κ2) is 11.6. The largest absolute Gasteiger partial charge is 0.494 e. The summed E-state index contributed by atoms with van der Waals surface area (Å²) in [6.07, 6.45) is -0.105. The molecule has 0 atom stereocenters. The van der Waals surface area contributed by atoms with Crippen molar-refractivity contribution in [3.8, 4) is 5.75 Å². The van der Waals surface area contributed by atoms with E-state index in [1.807, 2.05) is 31.2 Å². The molecule has 1 heterocycles. The first-order valence-electron chi connectivity index (χ1n) is 9.97. The van der Waals surface area contributed by atoms with Gasteiger partial charge in [0.15, 0.2) is 5.11 Å². The van der Waals surface area contributed by atoms with E-state index in [-0.39, 0.29) is 23.9 Å². The minimum Gasteiger partial charge on any atom is -0.494 e. The number of hydrogen-bond donors (Lipinski definition) is 4. The van der Waals surface area contributed by atoms with Crippen molar-refractivity contribution in [3.63, 3.8) is 0 Å². The molecule has 4 N–H and O–H groups in total. The topological polar surface area (TPSA) is 109 Å². The standard InChI is InChI=1S/C22H21ClN4O4S2/c1-2-31-14-9-7-13(8-10-14)24-17(28)11-12-18(29)26-27-22(32)25-21(30)20-19(23)15-5-3-4-6-16(15)33-20/h3-10H,2,11-12H2,1H3,(H,24,28)(H,26,29)(H2,25,27,30,32). The number of hydrazine groups is 1. The van der Waals surface area contributed by atoms with Crippen LogP contribution in [0.25, 0.3) is 10.1 Å². The van der Waals surface area contributed by atoms with Gasteiger partial charge in [0, 0.05) is 28.6 Å². The second-order valence-corrected chi connectivity index (χ2v) is 8.54. The van der Waals surface area contributed by atoms with Crippen LogP contribution in [0.2, 0.25) is 5.02 Å². The Bertz CT molecular complexity index is 1180. The third-order valence-electron chi connectivity index (χ3n) is 4.31. The van der Waals surface area contributed by atoms with Crippen molar-refractivity contribution in [2.75, 3.05) is 11.9 Å². The third-order valence-corrected chi connectivity index (χ3v) is 6.19. The van der Waals surface area contributed by atoms with E-state index in [4.69, 9.17) is 28.6 Å². The first kappa shape index (κ1) is 24.4. The summed E-state index contributed by atoms with van der Waals surface area (Å²) in [5.74, 6) is -0.556. The predicted molar refractivity (Wildman–Crippen MR) is 134 cm³/mol. The van der Waals surface area contributed by atoms with Gasteiger partial charge < -0.3 is 10.1 Å². The molecule has 8 nitrogen and oxygen atoms in total. The van der Waals surface area contributed by atoms with Gasteiger partial charge in [-0.15, -0.1) is 11.3 Å². The molecule has 2 aromatic carbocycles. The Kier molecular flexibility index (Phi) is 8.58. The molecule has 0 aliphatic carbocycles. The first-order valence-corrected chi connectivity index (χ1v) is 11.6. The molecule has 172 valence electrons. The Balaban J connectivity index is 1.39. The van der Waals surface area contributed by atoms with Gasteiger partial charge in [0.2, 0.25) is 11.8 Å². The van der Waals surface area contributed by atoms with Crippen LogP contribution in [-0.4, -0.2) is 29.4 Å². The summed E-state index contributed by atoms with van der Waals surface area (Å²) in [6, 6.07) is 14.3. The molecular formula is C22H21ClN4O4S2. The second-order valence-electron chi connectivity index (χ2n) is 6.70. The van der Waals surface area contributed by atoms with Gasteiger partial charge in [-0.05, 0) is 49.5 Å². The molecule has 11 heteroatoms.